The van der Waals surface area contributed by atoms with Crippen molar-refractivity contribution < 1.29 is 52.7 Å². The van der Waals surface area contributed by atoms with Crippen LogP contribution in [0.25, 0.3) is 0 Å². The SMILES string of the molecule is CC(C)CCCCCCCCCC1CC(=O)N[C@@H](CCC(N)=O)C(=O)NC(CC(C)C)C(=O)N[C@H](CC(C)C)C(=O)N[C@@H](C(C)C)C(=O)NC(CC(N)=O)C(=O)N[C@H](CC(C)C)C(=O)NC(CC(C)C)C(=O)O1. The van der Waals surface area contributed by atoms with Crippen molar-refractivity contribution in [3.63, 3.8) is 0 Å². The van der Waals surface area contributed by atoms with Gasteiger partial charge in [0.05, 0.1) is 12.8 Å². The zero-order valence-corrected chi connectivity index (χ0v) is 46.2. The van der Waals surface area contributed by atoms with Crippen LogP contribution in [0.1, 0.15) is 192 Å². The highest BCUT2D eigenvalue weighted by Gasteiger charge is 2.37. The molecule has 0 aliphatic carbocycles. The van der Waals surface area contributed by atoms with Gasteiger partial charge in [-0.15, -0.1) is 0 Å². The van der Waals surface area contributed by atoms with Gasteiger partial charge in [0.15, 0.2) is 0 Å². The van der Waals surface area contributed by atoms with Gasteiger partial charge in [-0.2, -0.15) is 0 Å². The topological polar surface area (TPSA) is 316 Å². The molecular formula is C53H95N9O11. The van der Waals surface area contributed by atoms with Gasteiger partial charge in [0.1, 0.15) is 48.4 Å². The predicted molar refractivity (Wildman–Crippen MR) is 279 cm³/mol. The lowest BCUT2D eigenvalue weighted by atomic mass is 9.98. The third kappa shape index (κ3) is 28.1. The number of unbranched alkanes of at least 4 members (excludes halogenated alkanes) is 6. The number of ether oxygens (including phenoxy) is 1. The molecule has 0 aromatic carbocycles. The predicted octanol–water partition coefficient (Wildman–Crippen LogP) is 3.84. The highest BCUT2D eigenvalue weighted by molar-refractivity contribution is 5.98. The number of rotatable bonds is 24. The first-order valence-corrected chi connectivity index (χ1v) is 27.0. The van der Waals surface area contributed by atoms with E-state index in [0.717, 1.165) is 38.5 Å². The Morgan fingerprint density at radius 2 is 0.849 bits per heavy atom. The van der Waals surface area contributed by atoms with Crippen molar-refractivity contribution in [2.75, 3.05) is 0 Å². The molecular weight excluding hydrogens is 939 g/mol. The summed E-state index contributed by atoms with van der Waals surface area (Å²) in [5, 5.41) is 18.8. The molecule has 1 heterocycles. The third-order valence-electron chi connectivity index (χ3n) is 12.4. The Morgan fingerprint density at radius 1 is 0.452 bits per heavy atom. The first-order valence-electron chi connectivity index (χ1n) is 27.0. The summed E-state index contributed by atoms with van der Waals surface area (Å²) in [5.41, 5.74) is 11.1. The van der Waals surface area contributed by atoms with Crippen LogP contribution in [0, 0.1) is 35.5 Å². The molecule has 20 heteroatoms. The average Bonchev–Trinajstić information content (AvgIpc) is 3.26. The molecule has 1 aliphatic heterocycles. The van der Waals surface area contributed by atoms with Crippen molar-refractivity contribution in [3.8, 4) is 0 Å². The largest absolute Gasteiger partial charge is 0.460 e. The van der Waals surface area contributed by atoms with E-state index in [1.807, 2.05) is 55.4 Å². The Labute approximate surface area is 435 Å². The smallest absolute Gasteiger partial charge is 0.328 e. The highest BCUT2D eigenvalue weighted by Crippen LogP contribution is 2.19. The minimum atomic E-state index is -1.59. The molecule has 0 aromatic rings. The monoisotopic (exact) mass is 1030 g/mol. The van der Waals surface area contributed by atoms with E-state index in [0.29, 0.717) is 12.3 Å². The fourth-order valence-corrected chi connectivity index (χ4v) is 8.62. The summed E-state index contributed by atoms with van der Waals surface area (Å²) in [5.74, 6) is -8.56. The second kappa shape index (κ2) is 34.2. The van der Waals surface area contributed by atoms with Crippen LogP contribution in [0.4, 0.5) is 0 Å². The van der Waals surface area contributed by atoms with Crippen molar-refractivity contribution >= 4 is 59.1 Å². The summed E-state index contributed by atoms with van der Waals surface area (Å²) in [7, 11) is 0. The second-order valence-electron chi connectivity index (χ2n) is 22.6. The zero-order chi connectivity index (χ0) is 55.5. The van der Waals surface area contributed by atoms with E-state index < -0.39 is 120 Å². The molecule has 418 valence electrons. The quantitative estimate of drug-likeness (QED) is 0.0494. The standard InChI is InChI=1S/C53H95N9O11/c1-30(2)20-18-16-14-13-15-17-19-21-36-28-45(65)56-37(22-23-43(54)63)47(66)57-38(24-31(3)4)48(67)59-40(26-33(7)8)51(70)62-46(35(11)12)52(71)60-41(29-44(55)64)50(69)58-39(25-32(5)6)49(68)61-42(27-34(9)10)53(72)73-36/h30-42,46H,13-29H2,1-12H3,(H2,54,63)(H2,55,64)(H,56,65)(H,57,66)(H,58,69)(H,59,67)(H,60,71)(H,61,68)(H,62,70)/t36?,37-,38?,39+,40+,41?,42?,46-/m0/s1. The van der Waals surface area contributed by atoms with Crippen LogP contribution in [-0.4, -0.2) is 108 Å². The molecule has 11 N–H and O–H groups in total. The average molecular weight is 1030 g/mol. The normalized spacial score (nSPS) is 24.0. The van der Waals surface area contributed by atoms with Crippen LogP contribution in [-0.2, 0) is 52.7 Å². The lowest BCUT2D eigenvalue weighted by molar-refractivity contribution is -0.155. The molecule has 1 fully saturated rings. The maximum atomic E-state index is 14.2. The van der Waals surface area contributed by atoms with Crippen LogP contribution in [0.5, 0.6) is 0 Å². The van der Waals surface area contributed by atoms with Gasteiger partial charge in [0.25, 0.3) is 0 Å². The Kier molecular flexibility index (Phi) is 30.8. The number of amides is 9. The fraction of sp³-hybridized carbons (Fsp3) is 0.811. The lowest BCUT2D eigenvalue weighted by Gasteiger charge is -2.29. The fourth-order valence-electron chi connectivity index (χ4n) is 8.62. The van der Waals surface area contributed by atoms with Gasteiger partial charge >= 0.3 is 5.97 Å². The molecule has 20 nitrogen and oxygen atoms in total. The molecule has 9 amide bonds. The lowest BCUT2D eigenvalue weighted by Crippen LogP contribution is -2.61. The molecule has 1 saturated heterocycles. The van der Waals surface area contributed by atoms with Crippen molar-refractivity contribution in [3.05, 3.63) is 0 Å². The summed E-state index contributed by atoms with van der Waals surface area (Å²) in [6.07, 6.45) is 5.98. The Hall–Kier alpha value is -5.30. The summed E-state index contributed by atoms with van der Waals surface area (Å²) in [6.45, 7) is 22.3. The number of hydrogen-bond acceptors (Lipinski definition) is 11. The molecule has 73 heavy (non-hydrogen) atoms. The molecule has 0 spiro atoms. The van der Waals surface area contributed by atoms with Crippen molar-refractivity contribution in [1.29, 1.82) is 0 Å². The van der Waals surface area contributed by atoms with E-state index in [9.17, 15) is 47.9 Å². The van der Waals surface area contributed by atoms with Gasteiger partial charge < -0.3 is 53.4 Å². The summed E-state index contributed by atoms with van der Waals surface area (Å²) >= 11 is 0. The number of primary amides is 2. The number of nitrogens with two attached hydrogens (primary N) is 2. The molecule has 0 radical (unpaired) electrons. The first-order chi connectivity index (χ1) is 34.1. The van der Waals surface area contributed by atoms with Crippen molar-refractivity contribution in [1.82, 2.24) is 37.2 Å². The molecule has 0 saturated carbocycles. The Balaban J connectivity index is 3.95. The van der Waals surface area contributed by atoms with E-state index in [1.165, 1.54) is 6.42 Å². The van der Waals surface area contributed by atoms with E-state index in [-0.39, 0.29) is 75.0 Å². The van der Waals surface area contributed by atoms with Gasteiger partial charge in [-0.25, -0.2) is 4.79 Å². The highest BCUT2D eigenvalue weighted by atomic mass is 16.5. The molecule has 4 unspecified atom stereocenters. The zero-order valence-electron chi connectivity index (χ0n) is 46.2. The van der Waals surface area contributed by atoms with Gasteiger partial charge in [-0.05, 0) is 80.5 Å². The maximum Gasteiger partial charge on any atom is 0.328 e. The van der Waals surface area contributed by atoms with Crippen molar-refractivity contribution in [2.24, 2.45) is 47.0 Å². The van der Waals surface area contributed by atoms with Crippen LogP contribution in [0.3, 0.4) is 0 Å². The van der Waals surface area contributed by atoms with E-state index in [1.54, 1.807) is 13.8 Å². The van der Waals surface area contributed by atoms with Crippen LogP contribution >= 0.6 is 0 Å². The summed E-state index contributed by atoms with van der Waals surface area (Å²) in [6, 6.07) is -9.21. The first kappa shape index (κ1) is 65.7. The molecule has 1 rings (SSSR count). The minimum absolute atomic E-state index is 0.0783. The maximum absolute atomic E-state index is 14.2. The van der Waals surface area contributed by atoms with Gasteiger partial charge in [0.2, 0.25) is 53.2 Å². The molecule has 0 aromatic heterocycles. The number of nitrogens with one attached hydrogen (secondary N) is 7. The van der Waals surface area contributed by atoms with E-state index in [4.69, 9.17) is 16.2 Å². The number of carbonyl (C=O) groups excluding carboxylic acids is 10. The second-order valence-corrected chi connectivity index (χ2v) is 22.6. The minimum Gasteiger partial charge on any atom is -0.460 e. The number of esters is 1. The third-order valence-corrected chi connectivity index (χ3v) is 12.4. The Morgan fingerprint density at radius 3 is 1.29 bits per heavy atom. The summed E-state index contributed by atoms with van der Waals surface area (Å²) in [4.78, 5) is 137. The van der Waals surface area contributed by atoms with Gasteiger partial charge in [-0.1, -0.05) is 128 Å². The molecule has 0 bridgehead atoms. The van der Waals surface area contributed by atoms with Crippen LogP contribution in [0.15, 0.2) is 0 Å². The number of hydrogen-bond donors (Lipinski definition) is 9. The van der Waals surface area contributed by atoms with Crippen LogP contribution in [0.2, 0.25) is 0 Å². The number of carbonyl (C=O) groups is 10. The van der Waals surface area contributed by atoms with Crippen molar-refractivity contribution in [2.45, 2.75) is 241 Å². The Bertz CT molecular complexity index is 1800. The molecule has 1 aliphatic rings. The van der Waals surface area contributed by atoms with E-state index in [2.05, 4.69) is 51.1 Å². The van der Waals surface area contributed by atoms with Crippen LogP contribution < -0.4 is 48.7 Å². The number of cyclic esters (lactones) is 1. The van der Waals surface area contributed by atoms with Gasteiger partial charge in [-0.3, -0.25) is 43.2 Å². The molecule has 8 atom stereocenters. The van der Waals surface area contributed by atoms with E-state index >= 15 is 0 Å². The summed E-state index contributed by atoms with van der Waals surface area (Å²) < 4.78 is 6.07. The van der Waals surface area contributed by atoms with Gasteiger partial charge in [0, 0.05) is 6.42 Å².